The summed E-state index contributed by atoms with van der Waals surface area (Å²) in [7, 11) is 2.16. The lowest BCUT2D eigenvalue weighted by atomic mass is 9.73. The zero-order valence-electron chi connectivity index (χ0n) is 12.4. The molecule has 1 heterocycles. The van der Waals surface area contributed by atoms with E-state index in [9.17, 15) is 4.79 Å². The molecule has 1 fully saturated rings. The van der Waals surface area contributed by atoms with Crippen LogP contribution in [0, 0.1) is 11.3 Å². The third-order valence-corrected chi connectivity index (χ3v) is 4.34. The Bertz CT molecular complexity index is 292. The van der Waals surface area contributed by atoms with Crippen molar-refractivity contribution in [2.75, 3.05) is 26.7 Å². The van der Waals surface area contributed by atoms with E-state index >= 15 is 0 Å². The van der Waals surface area contributed by atoms with Crippen LogP contribution >= 0.6 is 0 Å². The maximum atomic E-state index is 11.1. The van der Waals surface area contributed by atoms with Gasteiger partial charge in [0, 0.05) is 6.54 Å². The predicted octanol–water partition coefficient (Wildman–Crippen LogP) is 1.81. The maximum Gasteiger partial charge on any atom is 0.323 e. The van der Waals surface area contributed by atoms with Crippen LogP contribution in [-0.4, -0.2) is 48.2 Å². The molecule has 0 unspecified atom stereocenters. The zero-order valence-corrected chi connectivity index (χ0v) is 12.4. The summed E-state index contributed by atoms with van der Waals surface area (Å²) in [5, 5.41) is 12.3. The molecule has 4 heteroatoms. The number of hydrogen-bond donors (Lipinski definition) is 2. The van der Waals surface area contributed by atoms with E-state index in [1.165, 1.54) is 12.8 Å². The summed E-state index contributed by atoms with van der Waals surface area (Å²) in [5.41, 5.74) is -0.698. The van der Waals surface area contributed by atoms with Gasteiger partial charge in [0.1, 0.15) is 5.54 Å². The molecule has 106 valence electrons. The van der Waals surface area contributed by atoms with Crippen molar-refractivity contribution in [1.29, 1.82) is 0 Å². The van der Waals surface area contributed by atoms with Crippen molar-refractivity contribution in [2.45, 2.75) is 46.1 Å². The molecule has 0 bridgehead atoms. The summed E-state index contributed by atoms with van der Waals surface area (Å²) in [6.07, 6.45) is 2.41. The van der Waals surface area contributed by atoms with Crippen LogP contribution in [0.25, 0.3) is 0 Å². The van der Waals surface area contributed by atoms with Crippen LogP contribution in [0.1, 0.15) is 40.5 Å². The van der Waals surface area contributed by atoms with Gasteiger partial charge in [-0.15, -0.1) is 0 Å². The van der Waals surface area contributed by atoms with Crippen molar-refractivity contribution in [3.63, 3.8) is 0 Å². The fraction of sp³-hybridized carbons (Fsp3) is 0.929. The van der Waals surface area contributed by atoms with Crippen LogP contribution in [0.3, 0.4) is 0 Å². The standard InChI is InChI=1S/C14H28N2O2/c1-13(2,10-15-14(3,4)12(17)18)11-6-8-16(5)9-7-11/h11,15H,6-10H2,1-5H3,(H,17,18). The summed E-state index contributed by atoms with van der Waals surface area (Å²) >= 11 is 0. The van der Waals surface area contributed by atoms with Crippen molar-refractivity contribution >= 4 is 5.97 Å². The SMILES string of the molecule is CN1CCC(C(C)(C)CNC(C)(C)C(=O)O)CC1. The number of aliphatic carboxylic acids is 1. The Kier molecular flexibility index (Phi) is 4.78. The van der Waals surface area contributed by atoms with Gasteiger partial charge in [-0.1, -0.05) is 13.8 Å². The number of nitrogens with one attached hydrogen (secondary N) is 1. The van der Waals surface area contributed by atoms with Gasteiger partial charge in [0.2, 0.25) is 0 Å². The normalized spacial score (nSPS) is 20.1. The average molecular weight is 256 g/mol. The number of nitrogens with zero attached hydrogens (tertiary/aromatic N) is 1. The Labute approximate surface area is 111 Å². The van der Waals surface area contributed by atoms with Crippen molar-refractivity contribution in [2.24, 2.45) is 11.3 Å². The molecule has 0 radical (unpaired) electrons. The zero-order chi connectivity index (χ0) is 14.0. The second-order valence-electron chi connectivity index (χ2n) is 6.85. The highest BCUT2D eigenvalue weighted by Gasteiger charge is 2.35. The summed E-state index contributed by atoms with van der Waals surface area (Å²) in [4.78, 5) is 13.5. The van der Waals surface area contributed by atoms with Gasteiger partial charge in [0.25, 0.3) is 0 Å². The first-order valence-electron chi connectivity index (χ1n) is 6.82. The first kappa shape index (κ1) is 15.4. The van der Waals surface area contributed by atoms with Gasteiger partial charge in [-0.3, -0.25) is 4.79 Å². The molecule has 0 aromatic heterocycles. The smallest absolute Gasteiger partial charge is 0.323 e. The Balaban J connectivity index is 2.51. The molecule has 0 aliphatic carbocycles. The molecular weight excluding hydrogens is 228 g/mol. The van der Waals surface area contributed by atoms with Crippen LogP contribution in [0.5, 0.6) is 0 Å². The first-order valence-corrected chi connectivity index (χ1v) is 6.82. The van der Waals surface area contributed by atoms with Gasteiger partial charge in [-0.05, 0) is 58.2 Å². The largest absolute Gasteiger partial charge is 0.480 e. The van der Waals surface area contributed by atoms with Gasteiger partial charge in [0.15, 0.2) is 0 Å². The second kappa shape index (κ2) is 5.57. The van der Waals surface area contributed by atoms with E-state index in [0.717, 1.165) is 19.6 Å². The van der Waals surface area contributed by atoms with Gasteiger partial charge in [0.05, 0.1) is 0 Å². The van der Waals surface area contributed by atoms with E-state index in [2.05, 4.69) is 31.1 Å². The summed E-state index contributed by atoms with van der Waals surface area (Å²) in [6, 6.07) is 0. The van der Waals surface area contributed by atoms with Crippen molar-refractivity contribution < 1.29 is 9.90 Å². The minimum Gasteiger partial charge on any atom is -0.480 e. The number of likely N-dealkylation sites (tertiary alicyclic amines) is 1. The van der Waals surface area contributed by atoms with Crippen molar-refractivity contribution in [3.05, 3.63) is 0 Å². The van der Waals surface area contributed by atoms with Gasteiger partial charge >= 0.3 is 5.97 Å². The Hall–Kier alpha value is -0.610. The van der Waals surface area contributed by atoms with Crippen molar-refractivity contribution in [1.82, 2.24) is 10.2 Å². The topological polar surface area (TPSA) is 52.6 Å². The lowest BCUT2D eigenvalue weighted by Crippen LogP contribution is -2.52. The van der Waals surface area contributed by atoms with E-state index in [-0.39, 0.29) is 5.41 Å². The molecule has 0 aromatic rings. The third-order valence-electron chi connectivity index (χ3n) is 4.34. The highest BCUT2D eigenvalue weighted by atomic mass is 16.4. The summed E-state index contributed by atoms with van der Waals surface area (Å²) < 4.78 is 0. The predicted molar refractivity (Wildman–Crippen MR) is 73.7 cm³/mol. The van der Waals surface area contributed by atoms with Crippen LogP contribution in [0.4, 0.5) is 0 Å². The number of rotatable bonds is 5. The van der Waals surface area contributed by atoms with Gasteiger partial charge in [-0.25, -0.2) is 0 Å². The second-order valence-corrected chi connectivity index (χ2v) is 6.85. The third kappa shape index (κ3) is 3.95. The monoisotopic (exact) mass is 256 g/mol. The quantitative estimate of drug-likeness (QED) is 0.787. The van der Waals surface area contributed by atoms with Crippen LogP contribution in [0.15, 0.2) is 0 Å². The van der Waals surface area contributed by atoms with E-state index < -0.39 is 11.5 Å². The highest BCUT2D eigenvalue weighted by Crippen LogP contribution is 2.34. The van der Waals surface area contributed by atoms with Gasteiger partial charge < -0.3 is 15.3 Å². The molecule has 0 amide bonds. The van der Waals surface area contributed by atoms with Crippen LogP contribution in [0.2, 0.25) is 0 Å². The minimum atomic E-state index is -0.845. The molecule has 0 saturated carbocycles. The average Bonchev–Trinajstić information content (AvgIpc) is 2.27. The number of carbonyl (C=O) groups is 1. The fourth-order valence-electron chi connectivity index (χ4n) is 2.46. The molecule has 1 saturated heterocycles. The Morgan fingerprint density at radius 1 is 1.28 bits per heavy atom. The lowest BCUT2D eigenvalue weighted by molar-refractivity contribution is -0.143. The number of piperidine rings is 1. The maximum absolute atomic E-state index is 11.1. The van der Waals surface area contributed by atoms with E-state index in [4.69, 9.17) is 5.11 Å². The van der Waals surface area contributed by atoms with Crippen molar-refractivity contribution in [3.8, 4) is 0 Å². The number of hydrogen-bond acceptors (Lipinski definition) is 3. The van der Waals surface area contributed by atoms with Gasteiger partial charge in [-0.2, -0.15) is 0 Å². The summed E-state index contributed by atoms with van der Waals surface area (Å²) in [5.74, 6) is -0.118. The molecular formula is C14H28N2O2. The molecule has 4 nitrogen and oxygen atoms in total. The molecule has 0 aromatic carbocycles. The van der Waals surface area contributed by atoms with E-state index in [0.29, 0.717) is 5.92 Å². The summed E-state index contributed by atoms with van der Waals surface area (Å²) in [6.45, 7) is 11.0. The van der Waals surface area contributed by atoms with E-state index in [1.54, 1.807) is 13.8 Å². The molecule has 0 spiro atoms. The molecule has 2 N–H and O–H groups in total. The molecule has 18 heavy (non-hydrogen) atoms. The van der Waals surface area contributed by atoms with Crippen LogP contribution < -0.4 is 5.32 Å². The minimum absolute atomic E-state index is 0.147. The lowest BCUT2D eigenvalue weighted by Gasteiger charge is -2.41. The molecule has 1 aliphatic rings. The van der Waals surface area contributed by atoms with Crippen LogP contribution in [-0.2, 0) is 4.79 Å². The first-order chi connectivity index (χ1) is 8.15. The Morgan fingerprint density at radius 2 is 1.78 bits per heavy atom. The molecule has 1 aliphatic heterocycles. The molecule has 1 rings (SSSR count). The number of carboxylic acids is 1. The highest BCUT2D eigenvalue weighted by molar-refractivity contribution is 5.77. The Morgan fingerprint density at radius 3 is 2.22 bits per heavy atom. The number of carboxylic acid groups (broad SMARTS) is 1. The van der Waals surface area contributed by atoms with E-state index in [1.807, 2.05) is 0 Å². The molecule has 0 atom stereocenters. The fourth-order valence-corrected chi connectivity index (χ4v) is 2.46.